The first-order chi connectivity index (χ1) is 18.7. The Bertz CT molecular complexity index is 1290. The number of hydrogen-bond donors (Lipinski definition) is 1. The van der Waals surface area contributed by atoms with Gasteiger partial charge in [-0.3, -0.25) is 14.6 Å². The molecule has 206 valence electrons. The quantitative estimate of drug-likeness (QED) is 0.408. The fraction of sp³-hybridized carbons (Fsp3) is 0.367. The van der Waals surface area contributed by atoms with E-state index in [1.165, 1.54) is 17.0 Å². The highest BCUT2D eigenvalue weighted by Crippen LogP contribution is 2.33. The molecule has 0 saturated carbocycles. The van der Waals surface area contributed by atoms with E-state index in [1.54, 1.807) is 30.0 Å². The van der Waals surface area contributed by atoms with Gasteiger partial charge < -0.3 is 15.0 Å². The van der Waals surface area contributed by atoms with Gasteiger partial charge in [0.2, 0.25) is 0 Å². The average molecular weight is 535 g/mol. The fourth-order valence-electron chi connectivity index (χ4n) is 5.22. The number of carbonyl (C=O) groups excluding carboxylic acids is 3. The first kappa shape index (κ1) is 28.0. The van der Waals surface area contributed by atoms with Crippen molar-refractivity contribution < 1.29 is 23.5 Å². The highest BCUT2D eigenvalue weighted by Gasteiger charge is 2.39. The lowest BCUT2D eigenvalue weighted by Crippen LogP contribution is -2.56. The third-order valence-corrected chi connectivity index (χ3v) is 7.07. The van der Waals surface area contributed by atoms with Crippen molar-refractivity contribution in [3.63, 3.8) is 0 Å². The van der Waals surface area contributed by atoms with Gasteiger partial charge in [-0.2, -0.15) is 0 Å². The van der Waals surface area contributed by atoms with E-state index in [2.05, 4.69) is 16.8 Å². The van der Waals surface area contributed by atoms with Crippen LogP contribution in [-0.4, -0.2) is 78.0 Å². The molecule has 39 heavy (non-hydrogen) atoms. The summed E-state index contributed by atoms with van der Waals surface area (Å²) in [7, 11) is 0. The molecule has 2 aliphatic rings. The summed E-state index contributed by atoms with van der Waals surface area (Å²) >= 11 is 0. The number of benzene rings is 2. The smallest absolute Gasteiger partial charge is 0.338 e. The molecule has 0 bridgehead atoms. The van der Waals surface area contributed by atoms with Crippen LogP contribution in [0.3, 0.4) is 0 Å². The monoisotopic (exact) mass is 534 g/mol. The first-order valence-electron chi connectivity index (χ1n) is 13.2. The van der Waals surface area contributed by atoms with Crippen molar-refractivity contribution >= 4 is 17.9 Å². The van der Waals surface area contributed by atoms with Crippen LogP contribution in [0.25, 0.3) is 0 Å². The molecule has 0 aromatic heterocycles. The van der Waals surface area contributed by atoms with Gasteiger partial charge in [0.25, 0.3) is 5.91 Å². The number of urea groups is 1. The standard InChI is InChI=1S/C30H35FN4O4/c1-5-14-35-25(19-33-15-16-34(21(4)18-33)28(36)23-12-7-8-13-24(23)31)26(29(37)39-6-2)27(32-30(35)38)22-11-9-10-20(3)17-22/h5,7-13,17,21,27H,1,6,14-16,18-19H2,2-4H3,(H,32,38). The number of amides is 3. The number of ether oxygens (including phenoxy) is 1. The van der Waals surface area contributed by atoms with Gasteiger partial charge in [-0.15, -0.1) is 6.58 Å². The molecule has 0 aliphatic carbocycles. The number of piperazine rings is 1. The molecule has 0 radical (unpaired) electrons. The first-order valence-corrected chi connectivity index (χ1v) is 13.2. The van der Waals surface area contributed by atoms with Crippen molar-refractivity contribution in [1.29, 1.82) is 0 Å². The van der Waals surface area contributed by atoms with Crippen molar-refractivity contribution in [3.8, 4) is 0 Å². The van der Waals surface area contributed by atoms with E-state index in [9.17, 15) is 18.8 Å². The molecular weight excluding hydrogens is 499 g/mol. The number of halogens is 1. The predicted molar refractivity (Wildman–Crippen MR) is 146 cm³/mol. The Kier molecular flexibility index (Phi) is 8.81. The van der Waals surface area contributed by atoms with Crippen LogP contribution in [0, 0.1) is 12.7 Å². The summed E-state index contributed by atoms with van der Waals surface area (Å²) in [5, 5.41) is 2.98. The number of nitrogens with zero attached hydrogens (tertiary/aromatic N) is 3. The zero-order valence-corrected chi connectivity index (χ0v) is 22.7. The number of nitrogens with one attached hydrogen (secondary N) is 1. The van der Waals surface area contributed by atoms with Crippen molar-refractivity contribution in [2.45, 2.75) is 32.9 Å². The molecule has 8 nitrogen and oxygen atoms in total. The van der Waals surface area contributed by atoms with Crippen molar-refractivity contribution in [1.82, 2.24) is 20.0 Å². The fourth-order valence-corrected chi connectivity index (χ4v) is 5.22. The molecule has 1 N–H and O–H groups in total. The van der Waals surface area contributed by atoms with Gasteiger partial charge >= 0.3 is 12.0 Å². The minimum absolute atomic E-state index is 0.0483. The zero-order chi connectivity index (χ0) is 28.1. The molecule has 2 aromatic carbocycles. The molecule has 1 fully saturated rings. The largest absolute Gasteiger partial charge is 0.463 e. The van der Waals surface area contributed by atoms with E-state index >= 15 is 0 Å². The number of rotatable bonds is 8. The molecule has 2 aromatic rings. The number of esters is 1. The Morgan fingerprint density at radius 1 is 1.18 bits per heavy atom. The Hall–Kier alpha value is -3.98. The molecule has 9 heteroatoms. The van der Waals surface area contributed by atoms with Gasteiger partial charge in [-0.1, -0.05) is 48.0 Å². The zero-order valence-electron chi connectivity index (χ0n) is 22.7. The Morgan fingerprint density at radius 3 is 2.62 bits per heavy atom. The van der Waals surface area contributed by atoms with Gasteiger partial charge in [0.05, 0.1) is 23.8 Å². The lowest BCUT2D eigenvalue weighted by molar-refractivity contribution is -0.139. The van der Waals surface area contributed by atoms with E-state index in [0.29, 0.717) is 37.4 Å². The highest BCUT2D eigenvalue weighted by molar-refractivity contribution is 5.96. The van der Waals surface area contributed by atoms with Gasteiger partial charge in [0.1, 0.15) is 5.82 Å². The Labute approximate surface area is 228 Å². The molecule has 2 heterocycles. The van der Waals surface area contributed by atoms with Crippen LogP contribution in [-0.2, 0) is 9.53 Å². The van der Waals surface area contributed by atoms with E-state index in [0.717, 1.165) is 11.1 Å². The van der Waals surface area contributed by atoms with E-state index in [1.807, 2.05) is 38.1 Å². The average Bonchev–Trinajstić information content (AvgIpc) is 2.90. The molecule has 2 aliphatic heterocycles. The molecule has 4 rings (SSSR count). The second-order valence-corrected chi connectivity index (χ2v) is 9.84. The lowest BCUT2D eigenvalue weighted by Gasteiger charge is -2.43. The van der Waals surface area contributed by atoms with Gasteiger partial charge in [-0.25, -0.2) is 14.0 Å². The SMILES string of the molecule is C=CCN1C(=O)NC(c2cccc(C)c2)C(C(=O)OCC)=C1CN1CCN(C(=O)c2ccccc2F)C(C)C1. The minimum atomic E-state index is -0.672. The summed E-state index contributed by atoms with van der Waals surface area (Å²) in [6.45, 7) is 11.5. The maximum Gasteiger partial charge on any atom is 0.338 e. The summed E-state index contributed by atoms with van der Waals surface area (Å²) in [4.78, 5) is 45.0. The molecule has 0 spiro atoms. The van der Waals surface area contributed by atoms with Crippen LogP contribution in [0.1, 0.15) is 41.4 Å². The number of hydrogen-bond acceptors (Lipinski definition) is 5. The third-order valence-electron chi connectivity index (χ3n) is 7.07. The molecule has 2 atom stereocenters. The number of carbonyl (C=O) groups is 3. The van der Waals surface area contributed by atoms with Crippen LogP contribution in [0.15, 0.2) is 72.5 Å². The Balaban J connectivity index is 1.66. The van der Waals surface area contributed by atoms with Gasteiger partial charge in [0.15, 0.2) is 0 Å². The summed E-state index contributed by atoms with van der Waals surface area (Å²) in [6.07, 6.45) is 1.61. The summed E-state index contributed by atoms with van der Waals surface area (Å²) in [6, 6.07) is 12.4. The van der Waals surface area contributed by atoms with Crippen LogP contribution in [0.4, 0.5) is 9.18 Å². The normalized spacial score (nSPS) is 20.1. The summed E-state index contributed by atoms with van der Waals surface area (Å²) in [5.74, 6) is -1.39. The van der Waals surface area contributed by atoms with Gasteiger partial charge in [-0.05, 0) is 38.5 Å². The summed E-state index contributed by atoms with van der Waals surface area (Å²) < 4.78 is 19.8. The van der Waals surface area contributed by atoms with E-state index in [-0.39, 0.29) is 36.7 Å². The maximum absolute atomic E-state index is 14.3. The Morgan fingerprint density at radius 2 is 1.95 bits per heavy atom. The second kappa shape index (κ2) is 12.3. The lowest BCUT2D eigenvalue weighted by atomic mass is 9.93. The number of aryl methyl sites for hydroxylation is 1. The molecule has 3 amide bonds. The molecule has 1 saturated heterocycles. The maximum atomic E-state index is 14.3. The minimum Gasteiger partial charge on any atom is -0.463 e. The van der Waals surface area contributed by atoms with Gasteiger partial charge in [0, 0.05) is 44.5 Å². The summed E-state index contributed by atoms with van der Waals surface area (Å²) in [5.41, 5.74) is 2.76. The van der Waals surface area contributed by atoms with E-state index in [4.69, 9.17) is 4.74 Å². The predicted octanol–water partition coefficient (Wildman–Crippen LogP) is 4.05. The second-order valence-electron chi connectivity index (χ2n) is 9.84. The molecular formula is C30H35FN4O4. The van der Waals surface area contributed by atoms with E-state index < -0.39 is 17.8 Å². The van der Waals surface area contributed by atoms with Crippen LogP contribution in [0.5, 0.6) is 0 Å². The van der Waals surface area contributed by atoms with Crippen LogP contribution >= 0.6 is 0 Å². The van der Waals surface area contributed by atoms with Crippen LogP contribution < -0.4 is 5.32 Å². The van der Waals surface area contributed by atoms with Crippen molar-refractivity contribution in [2.75, 3.05) is 39.3 Å². The van der Waals surface area contributed by atoms with Crippen molar-refractivity contribution in [2.24, 2.45) is 0 Å². The van der Waals surface area contributed by atoms with Crippen LogP contribution in [0.2, 0.25) is 0 Å². The molecule has 2 unspecified atom stereocenters. The topological polar surface area (TPSA) is 82.2 Å². The highest BCUT2D eigenvalue weighted by atomic mass is 19.1. The van der Waals surface area contributed by atoms with Crippen molar-refractivity contribution in [3.05, 3.63) is 95.0 Å². The third kappa shape index (κ3) is 6.04.